The van der Waals surface area contributed by atoms with Crippen LogP contribution in [0.1, 0.15) is 36.4 Å². The fourth-order valence-electron chi connectivity index (χ4n) is 2.44. The van der Waals surface area contributed by atoms with E-state index in [1.165, 1.54) is 29.0 Å². The Morgan fingerprint density at radius 1 is 1.28 bits per heavy atom. The third-order valence-electron chi connectivity index (χ3n) is 3.60. The van der Waals surface area contributed by atoms with Crippen LogP contribution in [0.5, 0.6) is 0 Å². The Morgan fingerprint density at radius 2 is 2.06 bits per heavy atom. The Kier molecular flexibility index (Phi) is 2.86. The van der Waals surface area contributed by atoms with Crippen LogP contribution in [0.2, 0.25) is 0 Å². The number of rotatable bonds is 3. The van der Waals surface area contributed by atoms with E-state index in [4.69, 9.17) is 4.98 Å². The average Bonchev–Trinajstić information content (AvgIpc) is 2.90. The van der Waals surface area contributed by atoms with Gasteiger partial charge in [-0.05, 0) is 18.4 Å². The Bertz CT molecular complexity index is 543. The van der Waals surface area contributed by atoms with Crippen molar-refractivity contribution in [2.75, 3.05) is 5.32 Å². The number of nitrogens with zero attached hydrogens (tertiary/aromatic N) is 1. The van der Waals surface area contributed by atoms with Crippen molar-refractivity contribution in [1.82, 2.24) is 4.98 Å². The van der Waals surface area contributed by atoms with Crippen LogP contribution >= 0.6 is 11.3 Å². The molecule has 1 heterocycles. The van der Waals surface area contributed by atoms with E-state index in [9.17, 15) is 0 Å². The fraction of sp³-hybridized carbons (Fsp3) is 0.400. The Hall–Kier alpha value is -1.35. The molecule has 94 valence electrons. The summed E-state index contributed by atoms with van der Waals surface area (Å²) < 4.78 is 0. The number of thiazole rings is 1. The molecule has 0 spiro atoms. The summed E-state index contributed by atoms with van der Waals surface area (Å²) in [6.07, 6.45) is 2.42. The molecule has 2 aromatic rings. The van der Waals surface area contributed by atoms with E-state index in [2.05, 4.69) is 43.4 Å². The summed E-state index contributed by atoms with van der Waals surface area (Å²) in [6.45, 7) is 5.44. The number of nitrogens with one attached hydrogen (secondary N) is 1. The molecular formula is C15H18N2S. The number of fused-ring (bicyclic) bond motifs is 1. The standard InChI is InChI=1S/C15H18N2S/c1-15(2)9-8-12-13(15)17-14(18-12)16-10-11-6-4-3-5-7-11/h3-7H,8-10H2,1-2H3,(H,16,17). The van der Waals surface area contributed by atoms with Gasteiger partial charge in [0.2, 0.25) is 0 Å². The quantitative estimate of drug-likeness (QED) is 0.900. The number of anilines is 1. The van der Waals surface area contributed by atoms with Crippen molar-refractivity contribution in [3.05, 3.63) is 46.5 Å². The van der Waals surface area contributed by atoms with Crippen LogP contribution in [-0.4, -0.2) is 4.98 Å². The molecule has 0 aliphatic heterocycles. The second-order valence-electron chi connectivity index (χ2n) is 5.51. The third kappa shape index (κ3) is 2.15. The maximum Gasteiger partial charge on any atom is 0.183 e. The van der Waals surface area contributed by atoms with Gasteiger partial charge in [-0.2, -0.15) is 0 Å². The van der Waals surface area contributed by atoms with Crippen molar-refractivity contribution in [3.63, 3.8) is 0 Å². The molecule has 18 heavy (non-hydrogen) atoms. The molecule has 1 aromatic carbocycles. The zero-order valence-electron chi connectivity index (χ0n) is 10.9. The van der Waals surface area contributed by atoms with Gasteiger partial charge in [0.05, 0.1) is 5.69 Å². The Labute approximate surface area is 112 Å². The van der Waals surface area contributed by atoms with Gasteiger partial charge in [-0.25, -0.2) is 4.98 Å². The molecule has 1 aliphatic rings. The zero-order valence-corrected chi connectivity index (χ0v) is 11.7. The van der Waals surface area contributed by atoms with Crippen LogP contribution in [0.25, 0.3) is 0 Å². The Balaban J connectivity index is 1.72. The van der Waals surface area contributed by atoms with Crippen molar-refractivity contribution in [2.24, 2.45) is 0 Å². The van der Waals surface area contributed by atoms with Gasteiger partial charge in [0.1, 0.15) is 0 Å². The average molecular weight is 258 g/mol. The Morgan fingerprint density at radius 3 is 2.78 bits per heavy atom. The van der Waals surface area contributed by atoms with Gasteiger partial charge < -0.3 is 5.32 Å². The van der Waals surface area contributed by atoms with Gasteiger partial charge >= 0.3 is 0 Å². The molecule has 0 radical (unpaired) electrons. The number of hydrogen-bond acceptors (Lipinski definition) is 3. The maximum atomic E-state index is 4.77. The number of hydrogen-bond donors (Lipinski definition) is 1. The summed E-state index contributed by atoms with van der Waals surface area (Å²) in [6, 6.07) is 10.5. The molecular weight excluding hydrogens is 240 g/mol. The molecule has 1 aliphatic carbocycles. The first kappa shape index (κ1) is 11.7. The van der Waals surface area contributed by atoms with Crippen LogP contribution in [0.3, 0.4) is 0 Å². The van der Waals surface area contributed by atoms with Gasteiger partial charge in [0.15, 0.2) is 5.13 Å². The van der Waals surface area contributed by atoms with E-state index in [-0.39, 0.29) is 5.41 Å². The topological polar surface area (TPSA) is 24.9 Å². The first-order valence-electron chi connectivity index (χ1n) is 6.43. The highest BCUT2D eigenvalue weighted by atomic mass is 32.1. The lowest BCUT2D eigenvalue weighted by atomic mass is 9.91. The lowest BCUT2D eigenvalue weighted by molar-refractivity contribution is 0.510. The molecule has 3 heteroatoms. The molecule has 3 rings (SSSR count). The summed E-state index contributed by atoms with van der Waals surface area (Å²) in [4.78, 5) is 6.23. The van der Waals surface area contributed by atoms with Gasteiger partial charge in [-0.15, -0.1) is 11.3 Å². The summed E-state index contributed by atoms with van der Waals surface area (Å²) in [7, 11) is 0. The van der Waals surface area contributed by atoms with E-state index in [1.54, 1.807) is 0 Å². The van der Waals surface area contributed by atoms with Gasteiger partial charge in [-0.3, -0.25) is 0 Å². The smallest absolute Gasteiger partial charge is 0.183 e. The number of aryl methyl sites for hydroxylation is 1. The molecule has 0 amide bonds. The second-order valence-corrected chi connectivity index (χ2v) is 6.60. The van der Waals surface area contributed by atoms with Crippen LogP contribution in [0.4, 0.5) is 5.13 Å². The third-order valence-corrected chi connectivity index (χ3v) is 4.67. The molecule has 0 unspecified atom stereocenters. The zero-order chi connectivity index (χ0) is 12.6. The fourth-order valence-corrected chi connectivity index (χ4v) is 3.58. The molecule has 2 nitrogen and oxygen atoms in total. The van der Waals surface area contributed by atoms with E-state index in [1.807, 2.05) is 17.4 Å². The minimum absolute atomic E-state index is 0.262. The maximum absolute atomic E-state index is 4.77. The van der Waals surface area contributed by atoms with Gasteiger partial charge in [0, 0.05) is 16.8 Å². The predicted molar refractivity (Wildman–Crippen MR) is 77.2 cm³/mol. The van der Waals surface area contributed by atoms with Crippen molar-refractivity contribution < 1.29 is 0 Å². The number of aromatic nitrogens is 1. The highest BCUT2D eigenvalue weighted by Crippen LogP contribution is 2.42. The molecule has 1 aromatic heterocycles. The second kappa shape index (κ2) is 4.39. The summed E-state index contributed by atoms with van der Waals surface area (Å²) in [5.41, 5.74) is 2.87. The molecule has 0 saturated heterocycles. The first-order valence-corrected chi connectivity index (χ1v) is 7.25. The largest absolute Gasteiger partial charge is 0.357 e. The van der Waals surface area contributed by atoms with Crippen molar-refractivity contribution in [2.45, 2.75) is 38.6 Å². The molecule has 0 saturated carbocycles. The highest BCUT2D eigenvalue weighted by Gasteiger charge is 2.33. The summed E-state index contributed by atoms with van der Waals surface area (Å²) >= 11 is 1.82. The van der Waals surface area contributed by atoms with E-state index < -0.39 is 0 Å². The highest BCUT2D eigenvalue weighted by molar-refractivity contribution is 7.15. The van der Waals surface area contributed by atoms with Crippen LogP contribution in [0.15, 0.2) is 30.3 Å². The van der Waals surface area contributed by atoms with E-state index >= 15 is 0 Å². The minimum Gasteiger partial charge on any atom is -0.357 e. The monoisotopic (exact) mass is 258 g/mol. The van der Waals surface area contributed by atoms with Crippen LogP contribution < -0.4 is 5.32 Å². The van der Waals surface area contributed by atoms with Crippen LogP contribution in [0, 0.1) is 0 Å². The predicted octanol–water partition coefficient (Wildman–Crippen LogP) is 3.98. The molecule has 0 fully saturated rings. The summed E-state index contributed by atoms with van der Waals surface area (Å²) in [5, 5.41) is 4.50. The van der Waals surface area contributed by atoms with Crippen molar-refractivity contribution >= 4 is 16.5 Å². The molecule has 0 atom stereocenters. The van der Waals surface area contributed by atoms with Crippen molar-refractivity contribution in [3.8, 4) is 0 Å². The first-order chi connectivity index (χ1) is 8.65. The van der Waals surface area contributed by atoms with E-state index in [0.29, 0.717) is 0 Å². The lowest BCUT2D eigenvalue weighted by Crippen LogP contribution is -2.13. The van der Waals surface area contributed by atoms with E-state index in [0.717, 1.165) is 11.7 Å². The van der Waals surface area contributed by atoms with Crippen LogP contribution in [-0.2, 0) is 18.4 Å². The normalized spacial score (nSPS) is 16.6. The summed E-state index contributed by atoms with van der Waals surface area (Å²) in [5.74, 6) is 0. The lowest BCUT2D eigenvalue weighted by Gasteiger charge is -2.15. The van der Waals surface area contributed by atoms with Gasteiger partial charge in [0.25, 0.3) is 0 Å². The molecule has 1 N–H and O–H groups in total. The van der Waals surface area contributed by atoms with Gasteiger partial charge in [-0.1, -0.05) is 44.2 Å². The SMILES string of the molecule is CC1(C)CCc2sc(NCc3ccccc3)nc21. The minimum atomic E-state index is 0.262. The van der Waals surface area contributed by atoms with Crippen molar-refractivity contribution in [1.29, 1.82) is 0 Å². The number of benzene rings is 1. The molecule has 0 bridgehead atoms.